The first-order chi connectivity index (χ1) is 14.8. The monoisotopic (exact) mass is 429 g/mol. The lowest BCUT2D eigenvalue weighted by Crippen LogP contribution is -2.38. The van der Waals surface area contributed by atoms with Crippen LogP contribution in [0, 0.1) is 19.7 Å². The van der Waals surface area contributed by atoms with Crippen molar-refractivity contribution >= 4 is 17.5 Å². The van der Waals surface area contributed by atoms with Crippen molar-refractivity contribution in [1.29, 1.82) is 0 Å². The number of nitrogens with one attached hydrogen (secondary N) is 2. The standard InChI is InChI=1S/C21H24FN5O4/c1-12(11-30-4)23-19(28)10-27-14(3)20(13(2)25-27)24-21(29)18-9-17(26-31-18)15-7-5-6-8-16(15)22/h5-9,12H,10-11H2,1-4H3,(H,23,28)(H,24,29)/t12-/m0/s1. The molecule has 10 heteroatoms. The van der Waals surface area contributed by atoms with Crippen molar-refractivity contribution in [2.45, 2.75) is 33.4 Å². The second-order valence-electron chi connectivity index (χ2n) is 7.14. The van der Waals surface area contributed by atoms with Crippen LogP contribution in [0.1, 0.15) is 28.9 Å². The first kappa shape index (κ1) is 22.2. The largest absolute Gasteiger partial charge is 0.383 e. The van der Waals surface area contributed by atoms with Gasteiger partial charge in [-0.05, 0) is 32.9 Å². The number of aromatic nitrogens is 3. The molecule has 0 unspecified atom stereocenters. The van der Waals surface area contributed by atoms with Gasteiger partial charge in [0.05, 0.1) is 23.7 Å². The van der Waals surface area contributed by atoms with Gasteiger partial charge in [0.1, 0.15) is 18.1 Å². The molecule has 0 bridgehead atoms. The molecule has 1 atom stereocenters. The van der Waals surface area contributed by atoms with E-state index >= 15 is 0 Å². The van der Waals surface area contributed by atoms with Gasteiger partial charge in [-0.3, -0.25) is 14.3 Å². The smallest absolute Gasteiger partial charge is 0.294 e. The number of carbonyl (C=O) groups is 2. The first-order valence-electron chi connectivity index (χ1n) is 9.65. The van der Waals surface area contributed by atoms with Gasteiger partial charge in [-0.2, -0.15) is 5.10 Å². The van der Waals surface area contributed by atoms with Gasteiger partial charge in [0.25, 0.3) is 5.91 Å². The van der Waals surface area contributed by atoms with Gasteiger partial charge in [-0.15, -0.1) is 0 Å². The number of hydrogen-bond acceptors (Lipinski definition) is 6. The van der Waals surface area contributed by atoms with Crippen molar-refractivity contribution in [2.75, 3.05) is 19.0 Å². The zero-order valence-corrected chi connectivity index (χ0v) is 17.7. The summed E-state index contributed by atoms with van der Waals surface area (Å²) in [7, 11) is 1.56. The normalized spacial score (nSPS) is 11.9. The van der Waals surface area contributed by atoms with E-state index in [-0.39, 0.29) is 35.5 Å². The Labute approximate surface area is 178 Å². The Bertz CT molecular complexity index is 1090. The highest BCUT2D eigenvalue weighted by Gasteiger charge is 2.21. The second-order valence-corrected chi connectivity index (χ2v) is 7.14. The quantitative estimate of drug-likeness (QED) is 0.570. The summed E-state index contributed by atoms with van der Waals surface area (Å²) in [4.78, 5) is 24.8. The lowest BCUT2D eigenvalue weighted by molar-refractivity contribution is -0.122. The summed E-state index contributed by atoms with van der Waals surface area (Å²) in [6.07, 6.45) is 0. The molecule has 0 aliphatic carbocycles. The van der Waals surface area contributed by atoms with Crippen molar-refractivity contribution in [1.82, 2.24) is 20.3 Å². The van der Waals surface area contributed by atoms with Crippen LogP contribution in [-0.4, -0.2) is 46.5 Å². The van der Waals surface area contributed by atoms with Gasteiger partial charge in [0.2, 0.25) is 11.7 Å². The summed E-state index contributed by atoms with van der Waals surface area (Å²) < 4.78 is 25.5. The van der Waals surface area contributed by atoms with Crippen molar-refractivity contribution in [3.8, 4) is 11.3 Å². The maximum Gasteiger partial charge on any atom is 0.294 e. The molecule has 0 saturated carbocycles. The van der Waals surface area contributed by atoms with Crippen LogP contribution < -0.4 is 10.6 Å². The second kappa shape index (κ2) is 9.52. The molecule has 2 N–H and O–H groups in total. The van der Waals surface area contributed by atoms with Gasteiger partial charge in [-0.25, -0.2) is 4.39 Å². The Kier molecular flexibility index (Phi) is 6.81. The fourth-order valence-corrected chi connectivity index (χ4v) is 3.13. The van der Waals surface area contributed by atoms with Crippen molar-refractivity contribution in [2.24, 2.45) is 0 Å². The van der Waals surface area contributed by atoms with Crippen LogP contribution in [0.4, 0.5) is 10.1 Å². The number of methoxy groups -OCH3 is 1. The topological polar surface area (TPSA) is 111 Å². The molecule has 3 aromatic rings. The molecule has 0 saturated heterocycles. The van der Waals surface area contributed by atoms with Crippen molar-refractivity contribution in [3.63, 3.8) is 0 Å². The molecule has 2 heterocycles. The van der Waals surface area contributed by atoms with Gasteiger partial charge in [0.15, 0.2) is 0 Å². The highest BCUT2D eigenvalue weighted by molar-refractivity contribution is 6.03. The summed E-state index contributed by atoms with van der Waals surface area (Å²) in [5.74, 6) is -1.32. The van der Waals surface area contributed by atoms with Crippen LogP contribution in [0.15, 0.2) is 34.9 Å². The fourth-order valence-electron chi connectivity index (χ4n) is 3.13. The van der Waals surface area contributed by atoms with Crippen LogP contribution in [0.5, 0.6) is 0 Å². The van der Waals surface area contributed by atoms with E-state index in [0.717, 1.165) is 0 Å². The predicted molar refractivity (Wildman–Crippen MR) is 111 cm³/mol. The van der Waals surface area contributed by atoms with Crippen LogP contribution in [0.3, 0.4) is 0 Å². The summed E-state index contributed by atoms with van der Waals surface area (Å²) in [6.45, 7) is 5.69. The van der Waals surface area contributed by atoms with E-state index in [1.807, 2.05) is 6.92 Å². The molecule has 0 aliphatic rings. The Morgan fingerprint density at radius 1 is 1.29 bits per heavy atom. The Hall–Kier alpha value is -3.53. The average molecular weight is 429 g/mol. The Morgan fingerprint density at radius 2 is 2.03 bits per heavy atom. The molecule has 0 fully saturated rings. The number of nitrogens with zero attached hydrogens (tertiary/aromatic N) is 3. The first-order valence-corrected chi connectivity index (χ1v) is 9.65. The number of benzene rings is 1. The minimum atomic E-state index is -0.556. The van der Waals surface area contributed by atoms with E-state index < -0.39 is 11.7 Å². The molecule has 31 heavy (non-hydrogen) atoms. The predicted octanol–water partition coefficient (Wildman–Crippen LogP) is 2.70. The highest BCUT2D eigenvalue weighted by Crippen LogP contribution is 2.24. The van der Waals surface area contributed by atoms with Gasteiger partial charge < -0.3 is 19.9 Å². The number of anilines is 1. The van der Waals surface area contributed by atoms with Gasteiger partial charge in [-0.1, -0.05) is 17.3 Å². The Morgan fingerprint density at radius 3 is 2.74 bits per heavy atom. The summed E-state index contributed by atoms with van der Waals surface area (Å²) in [5, 5.41) is 13.6. The molecule has 3 rings (SSSR count). The van der Waals surface area contributed by atoms with E-state index in [0.29, 0.717) is 23.7 Å². The molecule has 164 valence electrons. The lowest BCUT2D eigenvalue weighted by Gasteiger charge is -2.13. The molecular formula is C21H24FN5O4. The lowest BCUT2D eigenvalue weighted by atomic mass is 10.1. The number of halogens is 1. The number of amides is 2. The molecule has 0 spiro atoms. The molecule has 0 radical (unpaired) electrons. The minimum Gasteiger partial charge on any atom is -0.383 e. The molecule has 0 aliphatic heterocycles. The van der Waals surface area contributed by atoms with E-state index in [1.54, 1.807) is 39.2 Å². The zero-order chi connectivity index (χ0) is 22.5. The maximum atomic E-state index is 13.9. The van der Waals surface area contributed by atoms with Crippen LogP contribution >= 0.6 is 0 Å². The average Bonchev–Trinajstić information content (AvgIpc) is 3.29. The minimum absolute atomic E-state index is 0.00363. The summed E-state index contributed by atoms with van der Waals surface area (Å²) in [6, 6.07) is 7.31. The zero-order valence-electron chi connectivity index (χ0n) is 17.7. The maximum absolute atomic E-state index is 13.9. The van der Waals surface area contributed by atoms with E-state index in [2.05, 4.69) is 20.9 Å². The summed E-state index contributed by atoms with van der Waals surface area (Å²) >= 11 is 0. The van der Waals surface area contributed by atoms with Gasteiger partial charge in [0, 0.05) is 24.8 Å². The van der Waals surface area contributed by atoms with E-state index in [9.17, 15) is 14.0 Å². The molecule has 2 amide bonds. The molecule has 9 nitrogen and oxygen atoms in total. The molecule has 2 aromatic heterocycles. The Balaban J connectivity index is 1.71. The molecular weight excluding hydrogens is 405 g/mol. The number of carbonyl (C=O) groups excluding carboxylic acids is 2. The van der Waals surface area contributed by atoms with Crippen LogP contribution in [0.25, 0.3) is 11.3 Å². The third-order valence-electron chi connectivity index (χ3n) is 4.62. The summed E-state index contributed by atoms with van der Waals surface area (Å²) in [5.41, 5.74) is 2.06. The number of hydrogen-bond donors (Lipinski definition) is 2. The van der Waals surface area contributed by atoms with Crippen LogP contribution in [-0.2, 0) is 16.1 Å². The van der Waals surface area contributed by atoms with Crippen molar-refractivity contribution in [3.05, 3.63) is 53.3 Å². The number of rotatable bonds is 8. The molecule has 1 aromatic carbocycles. The highest BCUT2D eigenvalue weighted by atomic mass is 19.1. The number of aryl methyl sites for hydroxylation is 1. The number of ether oxygens (including phenoxy) is 1. The fraction of sp³-hybridized carbons (Fsp3) is 0.333. The van der Waals surface area contributed by atoms with Crippen molar-refractivity contribution < 1.29 is 23.2 Å². The van der Waals surface area contributed by atoms with Gasteiger partial charge >= 0.3 is 0 Å². The van der Waals surface area contributed by atoms with Crippen LogP contribution in [0.2, 0.25) is 0 Å². The van der Waals surface area contributed by atoms with E-state index in [4.69, 9.17) is 9.26 Å². The SMILES string of the molecule is COC[C@H](C)NC(=O)Cn1nc(C)c(NC(=O)c2cc(-c3ccccc3F)no2)c1C. The third-order valence-corrected chi connectivity index (χ3v) is 4.62. The van der Waals surface area contributed by atoms with E-state index in [1.165, 1.54) is 16.8 Å². The third kappa shape index (κ3) is 5.15.